The Bertz CT molecular complexity index is 1220. The van der Waals surface area contributed by atoms with Crippen molar-refractivity contribution in [3.63, 3.8) is 0 Å². The highest BCUT2D eigenvalue weighted by Crippen LogP contribution is 2.15. The minimum Gasteiger partial charge on any atom is -0.462 e. The van der Waals surface area contributed by atoms with Gasteiger partial charge in [0.2, 0.25) is 0 Å². The molecule has 0 saturated heterocycles. The van der Waals surface area contributed by atoms with Crippen molar-refractivity contribution in [2.24, 2.45) is 0 Å². The molecule has 0 aliphatic carbocycles. The summed E-state index contributed by atoms with van der Waals surface area (Å²) >= 11 is 0. The summed E-state index contributed by atoms with van der Waals surface area (Å²) in [5, 5.41) is 0. The van der Waals surface area contributed by atoms with Crippen LogP contribution in [0.2, 0.25) is 0 Å². The third-order valence-corrected chi connectivity index (χ3v) is 11.9. The van der Waals surface area contributed by atoms with Gasteiger partial charge in [0.25, 0.3) is 0 Å². The van der Waals surface area contributed by atoms with Crippen LogP contribution in [-0.2, 0) is 23.8 Å². The lowest BCUT2D eigenvalue weighted by Gasteiger charge is -2.18. The average molecular weight is 920 g/mol. The SMILES string of the molecule is CC/C=C\C/C=C\C/C=C\C/C=C\CCCCCCC(=O)OCC(COCCCCCCCCCCCCCCCCCC)OC(=O)CCCCCCCCC/C=C\C/C=C\C/C=C\CC. The first-order valence-electron chi connectivity index (χ1n) is 28.1. The zero-order valence-corrected chi connectivity index (χ0v) is 43.7. The van der Waals surface area contributed by atoms with Gasteiger partial charge in [-0.3, -0.25) is 9.59 Å². The highest BCUT2D eigenvalue weighted by molar-refractivity contribution is 5.70. The van der Waals surface area contributed by atoms with Crippen molar-refractivity contribution >= 4 is 11.9 Å². The highest BCUT2D eigenvalue weighted by Gasteiger charge is 2.17. The number of ether oxygens (including phenoxy) is 3. The van der Waals surface area contributed by atoms with E-state index in [0.717, 1.165) is 116 Å². The van der Waals surface area contributed by atoms with E-state index >= 15 is 0 Å². The Morgan fingerprint density at radius 2 is 0.682 bits per heavy atom. The van der Waals surface area contributed by atoms with Gasteiger partial charge in [-0.25, -0.2) is 0 Å². The maximum Gasteiger partial charge on any atom is 0.306 e. The van der Waals surface area contributed by atoms with E-state index in [4.69, 9.17) is 14.2 Å². The van der Waals surface area contributed by atoms with Crippen molar-refractivity contribution in [1.29, 1.82) is 0 Å². The molecule has 0 aromatic carbocycles. The van der Waals surface area contributed by atoms with Gasteiger partial charge in [0, 0.05) is 19.4 Å². The first-order chi connectivity index (χ1) is 32.6. The number of rotatable bonds is 51. The molecule has 0 fully saturated rings. The molecule has 5 nitrogen and oxygen atoms in total. The molecule has 0 bridgehead atoms. The molecular weight excluding hydrogens is 813 g/mol. The Balaban J connectivity index is 4.33. The summed E-state index contributed by atoms with van der Waals surface area (Å²) in [6.45, 7) is 7.60. The normalized spacial score (nSPS) is 12.8. The summed E-state index contributed by atoms with van der Waals surface area (Å²) in [5.74, 6) is -0.429. The number of carbonyl (C=O) groups excluding carboxylic acids is 2. The predicted molar refractivity (Wildman–Crippen MR) is 288 cm³/mol. The van der Waals surface area contributed by atoms with E-state index in [-0.39, 0.29) is 25.2 Å². The predicted octanol–water partition coefficient (Wildman–Crippen LogP) is 19.2. The summed E-state index contributed by atoms with van der Waals surface area (Å²) in [4.78, 5) is 25.5. The highest BCUT2D eigenvalue weighted by atomic mass is 16.6. The van der Waals surface area contributed by atoms with Crippen molar-refractivity contribution in [3.8, 4) is 0 Å². The van der Waals surface area contributed by atoms with Crippen LogP contribution in [0.25, 0.3) is 0 Å². The zero-order chi connectivity index (χ0) is 47.7. The van der Waals surface area contributed by atoms with Gasteiger partial charge in [-0.15, -0.1) is 0 Å². The molecule has 0 heterocycles. The number of unbranched alkanes of at least 4 members (excludes halogenated alkanes) is 26. The first kappa shape index (κ1) is 63.1. The molecule has 66 heavy (non-hydrogen) atoms. The molecule has 0 aromatic heterocycles. The van der Waals surface area contributed by atoms with Crippen molar-refractivity contribution < 1.29 is 23.8 Å². The van der Waals surface area contributed by atoms with Crippen LogP contribution < -0.4 is 0 Å². The van der Waals surface area contributed by atoms with E-state index in [0.29, 0.717) is 19.4 Å². The molecule has 380 valence electrons. The molecule has 0 aromatic rings. The Kier molecular flexibility index (Phi) is 53.9. The second-order valence-corrected chi connectivity index (χ2v) is 18.4. The van der Waals surface area contributed by atoms with Crippen LogP contribution in [0.5, 0.6) is 0 Å². The number of esters is 2. The van der Waals surface area contributed by atoms with Crippen LogP contribution in [0.15, 0.2) is 85.1 Å². The molecule has 0 rings (SSSR count). The number of carbonyl (C=O) groups is 2. The van der Waals surface area contributed by atoms with E-state index < -0.39 is 6.10 Å². The van der Waals surface area contributed by atoms with Crippen LogP contribution in [0.4, 0.5) is 0 Å². The van der Waals surface area contributed by atoms with Crippen molar-refractivity contribution in [1.82, 2.24) is 0 Å². The minimum atomic E-state index is -0.554. The van der Waals surface area contributed by atoms with Crippen molar-refractivity contribution in [2.45, 2.75) is 271 Å². The van der Waals surface area contributed by atoms with Gasteiger partial charge in [-0.2, -0.15) is 0 Å². The minimum absolute atomic E-state index is 0.0674. The molecule has 1 unspecified atom stereocenters. The van der Waals surface area contributed by atoms with Gasteiger partial charge in [0.1, 0.15) is 6.61 Å². The second-order valence-electron chi connectivity index (χ2n) is 18.4. The summed E-state index contributed by atoms with van der Waals surface area (Å²) in [6.07, 6.45) is 74.5. The number of allylic oxidation sites excluding steroid dienone is 14. The Labute approximate surface area is 409 Å². The van der Waals surface area contributed by atoms with Crippen LogP contribution in [-0.4, -0.2) is 37.9 Å². The fourth-order valence-corrected chi connectivity index (χ4v) is 7.81. The molecule has 0 radical (unpaired) electrons. The lowest BCUT2D eigenvalue weighted by molar-refractivity contribution is -0.163. The monoisotopic (exact) mass is 919 g/mol. The van der Waals surface area contributed by atoms with Gasteiger partial charge >= 0.3 is 11.9 Å². The summed E-state index contributed by atoms with van der Waals surface area (Å²) < 4.78 is 17.5. The Morgan fingerprint density at radius 3 is 1.09 bits per heavy atom. The standard InChI is InChI=1S/C61H106O5/c1-4-7-10-13-16-19-22-25-28-31-33-36-39-42-45-48-51-54-60(62)65-58-59(57-64-56-53-50-47-44-41-38-35-30-27-24-21-18-15-12-9-6-3)66-61(63)55-52-49-46-43-40-37-34-32-29-26-23-20-17-14-11-8-5-2/h7-8,10-11,16-17,19-20,25-26,28-29,33,36,59H,4-6,9,12-15,18,21-24,27,30-32,34-35,37-58H2,1-3H3/b10-7-,11-8-,19-16-,20-17-,28-25-,29-26-,36-33-. The Morgan fingerprint density at radius 1 is 0.348 bits per heavy atom. The van der Waals surface area contributed by atoms with E-state index in [1.807, 2.05) is 0 Å². The lowest BCUT2D eigenvalue weighted by Crippen LogP contribution is -2.30. The molecule has 0 saturated carbocycles. The third kappa shape index (κ3) is 53.7. The largest absolute Gasteiger partial charge is 0.462 e. The van der Waals surface area contributed by atoms with E-state index in [1.54, 1.807) is 0 Å². The summed E-state index contributed by atoms with van der Waals surface area (Å²) in [6, 6.07) is 0. The van der Waals surface area contributed by atoms with Crippen molar-refractivity contribution in [3.05, 3.63) is 85.1 Å². The van der Waals surface area contributed by atoms with Gasteiger partial charge in [-0.1, -0.05) is 247 Å². The quantitative estimate of drug-likeness (QED) is 0.0346. The maximum absolute atomic E-state index is 12.9. The summed E-state index contributed by atoms with van der Waals surface area (Å²) in [7, 11) is 0. The van der Waals surface area contributed by atoms with Crippen LogP contribution >= 0.6 is 0 Å². The third-order valence-electron chi connectivity index (χ3n) is 11.9. The number of hydrogen-bond donors (Lipinski definition) is 0. The summed E-state index contributed by atoms with van der Waals surface area (Å²) in [5.41, 5.74) is 0. The van der Waals surface area contributed by atoms with E-state index in [1.165, 1.54) is 116 Å². The molecule has 0 aliphatic rings. The fourth-order valence-electron chi connectivity index (χ4n) is 7.81. The van der Waals surface area contributed by atoms with Crippen LogP contribution in [0.3, 0.4) is 0 Å². The molecule has 0 spiro atoms. The molecule has 1 atom stereocenters. The average Bonchev–Trinajstić information content (AvgIpc) is 3.32. The first-order valence-corrected chi connectivity index (χ1v) is 28.1. The van der Waals surface area contributed by atoms with Gasteiger partial charge < -0.3 is 14.2 Å². The van der Waals surface area contributed by atoms with Crippen LogP contribution in [0.1, 0.15) is 265 Å². The molecule has 0 amide bonds. The Hall–Kier alpha value is -2.92. The smallest absolute Gasteiger partial charge is 0.306 e. The number of hydrogen-bond acceptors (Lipinski definition) is 5. The van der Waals surface area contributed by atoms with Gasteiger partial charge in [0.05, 0.1) is 6.61 Å². The fraction of sp³-hybridized carbons (Fsp3) is 0.738. The second kappa shape index (κ2) is 56.4. The topological polar surface area (TPSA) is 61.8 Å². The van der Waals surface area contributed by atoms with Gasteiger partial charge in [0.15, 0.2) is 6.10 Å². The van der Waals surface area contributed by atoms with E-state index in [9.17, 15) is 9.59 Å². The molecule has 0 N–H and O–H groups in total. The van der Waals surface area contributed by atoms with Crippen LogP contribution in [0, 0.1) is 0 Å². The zero-order valence-electron chi connectivity index (χ0n) is 43.7. The van der Waals surface area contributed by atoms with Crippen molar-refractivity contribution in [2.75, 3.05) is 19.8 Å². The molecule has 5 heteroatoms. The maximum atomic E-state index is 12.9. The van der Waals surface area contributed by atoms with Gasteiger partial charge in [-0.05, 0) is 89.9 Å². The molecular formula is C61H106O5. The lowest BCUT2D eigenvalue weighted by atomic mass is 10.0. The van der Waals surface area contributed by atoms with E-state index in [2.05, 4.69) is 106 Å². The molecule has 0 aliphatic heterocycles.